The first kappa shape index (κ1) is 16.0. The lowest BCUT2D eigenvalue weighted by Crippen LogP contribution is -2.42. The van der Waals surface area contributed by atoms with Gasteiger partial charge in [0.05, 0.1) is 22.8 Å². The summed E-state index contributed by atoms with van der Waals surface area (Å²) in [5.74, 6) is 0.190. The number of hydrogen-bond donors (Lipinski definition) is 1. The van der Waals surface area contributed by atoms with Gasteiger partial charge in [0, 0.05) is 6.04 Å². The van der Waals surface area contributed by atoms with E-state index in [9.17, 15) is 4.79 Å². The summed E-state index contributed by atoms with van der Waals surface area (Å²) < 4.78 is 1.24. The summed E-state index contributed by atoms with van der Waals surface area (Å²) in [6.07, 6.45) is 8.37. The van der Waals surface area contributed by atoms with Gasteiger partial charge in [-0.1, -0.05) is 31.4 Å². The van der Waals surface area contributed by atoms with Crippen LogP contribution in [0.3, 0.4) is 0 Å². The second-order valence-electron chi connectivity index (χ2n) is 7.05. The number of nitrogens with zero attached hydrogens (tertiary/aromatic N) is 2. The number of para-hydroxylation sites is 1. The van der Waals surface area contributed by atoms with Gasteiger partial charge < -0.3 is 5.32 Å². The van der Waals surface area contributed by atoms with Gasteiger partial charge in [-0.25, -0.2) is 4.98 Å². The van der Waals surface area contributed by atoms with Crippen LogP contribution in [-0.2, 0) is 4.79 Å². The van der Waals surface area contributed by atoms with E-state index in [2.05, 4.69) is 28.4 Å². The summed E-state index contributed by atoms with van der Waals surface area (Å²) in [6.45, 7) is 1.51. The van der Waals surface area contributed by atoms with E-state index in [1.54, 1.807) is 11.3 Å². The van der Waals surface area contributed by atoms with Crippen LogP contribution in [0.25, 0.3) is 10.2 Å². The Hall–Kier alpha value is -1.46. The molecule has 4 nitrogen and oxygen atoms in total. The molecule has 0 radical (unpaired) electrons. The molecule has 1 atom stereocenters. The van der Waals surface area contributed by atoms with Crippen molar-refractivity contribution in [2.75, 3.05) is 13.1 Å². The predicted octanol–water partition coefficient (Wildman–Crippen LogP) is 3.88. The fraction of sp³-hybridized carbons (Fsp3) is 0.579. The Bertz CT molecular complexity index is 674. The van der Waals surface area contributed by atoms with Crippen LogP contribution in [-0.4, -0.2) is 34.9 Å². The predicted molar refractivity (Wildman–Crippen MR) is 98.2 cm³/mol. The number of carbonyl (C=O) groups is 1. The number of amides is 1. The van der Waals surface area contributed by atoms with E-state index in [4.69, 9.17) is 4.98 Å². The second-order valence-corrected chi connectivity index (χ2v) is 8.11. The smallest absolute Gasteiger partial charge is 0.234 e. The van der Waals surface area contributed by atoms with Crippen molar-refractivity contribution in [1.82, 2.24) is 15.2 Å². The molecule has 1 saturated carbocycles. The van der Waals surface area contributed by atoms with Gasteiger partial charge in [-0.3, -0.25) is 9.69 Å². The summed E-state index contributed by atoms with van der Waals surface area (Å²) in [7, 11) is 0. The average molecular weight is 343 g/mol. The van der Waals surface area contributed by atoms with Crippen molar-refractivity contribution < 1.29 is 4.79 Å². The first-order valence-corrected chi connectivity index (χ1v) is 10.00. The van der Waals surface area contributed by atoms with E-state index in [0.29, 0.717) is 18.6 Å². The highest BCUT2D eigenvalue weighted by molar-refractivity contribution is 7.18. The van der Waals surface area contributed by atoms with Gasteiger partial charge >= 0.3 is 0 Å². The molecule has 1 aromatic carbocycles. The third kappa shape index (κ3) is 3.47. The standard InChI is InChI=1S/C19H25N3OS/c23-18(20-14-7-2-1-3-8-14)13-22-12-6-10-16(22)19-21-15-9-4-5-11-17(15)24-19/h4-5,9,11,14,16H,1-3,6-8,10,12-13H2,(H,20,23)/t16-/m1/s1. The van der Waals surface area contributed by atoms with Crippen molar-refractivity contribution in [1.29, 1.82) is 0 Å². The summed E-state index contributed by atoms with van der Waals surface area (Å²) in [5, 5.41) is 4.41. The minimum Gasteiger partial charge on any atom is -0.352 e. The first-order chi connectivity index (χ1) is 11.8. The van der Waals surface area contributed by atoms with Crippen LogP contribution in [0.2, 0.25) is 0 Å². The molecule has 2 aromatic rings. The zero-order chi connectivity index (χ0) is 16.4. The number of thiazole rings is 1. The van der Waals surface area contributed by atoms with E-state index >= 15 is 0 Å². The minimum absolute atomic E-state index is 0.190. The Morgan fingerprint density at radius 1 is 1.17 bits per heavy atom. The summed E-state index contributed by atoms with van der Waals surface area (Å²) in [6, 6.07) is 9.01. The van der Waals surface area contributed by atoms with Crippen LogP contribution in [0.4, 0.5) is 0 Å². The molecule has 0 spiro atoms. The number of hydrogen-bond acceptors (Lipinski definition) is 4. The molecule has 128 valence electrons. The molecule has 24 heavy (non-hydrogen) atoms. The van der Waals surface area contributed by atoms with Gasteiger partial charge in [-0.05, 0) is 44.4 Å². The van der Waals surface area contributed by atoms with Crippen molar-refractivity contribution in [3.05, 3.63) is 29.3 Å². The summed E-state index contributed by atoms with van der Waals surface area (Å²) >= 11 is 1.78. The molecule has 1 aliphatic carbocycles. The van der Waals surface area contributed by atoms with Gasteiger partial charge in [0.15, 0.2) is 0 Å². The number of likely N-dealkylation sites (tertiary alicyclic amines) is 1. The molecule has 1 aromatic heterocycles. The maximum absolute atomic E-state index is 12.4. The fourth-order valence-electron chi connectivity index (χ4n) is 4.03. The molecule has 4 rings (SSSR count). The van der Waals surface area contributed by atoms with E-state index in [1.165, 1.54) is 29.0 Å². The topological polar surface area (TPSA) is 45.2 Å². The summed E-state index contributed by atoms with van der Waals surface area (Å²) in [5.41, 5.74) is 1.08. The van der Waals surface area contributed by atoms with E-state index in [0.717, 1.165) is 37.7 Å². The quantitative estimate of drug-likeness (QED) is 0.916. The Morgan fingerprint density at radius 2 is 2.00 bits per heavy atom. The van der Waals surface area contributed by atoms with Crippen LogP contribution in [0.15, 0.2) is 24.3 Å². The Balaban J connectivity index is 1.41. The number of fused-ring (bicyclic) bond motifs is 1. The van der Waals surface area contributed by atoms with E-state index < -0.39 is 0 Å². The summed E-state index contributed by atoms with van der Waals surface area (Å²) in [4.78, 5) is 19.6. The number of rotatable bonds is 4. The molecular formula is C19H25N3OS. The molecule has 2 heterocycles. The second kappa shape index (κ2) is 7.19. The maximum atomic E-state index is 12.4. The molecule has 2 fully saturated rings. The van der Waals surface area contributed by atoms with Crippen molar-refractivity contribution >= 4 is 27.5 Å². The highest BCUT2D eigenvalue weighted by Crippen LogP contribution is 2.36. The number of aromatic nitrogens is 1. The van der Waals surface area contributed by atoms with Gasteiger partial charge in [0.1, 0.15) is 5.01 Å². The van der Waals surface area contributed by atoms with E-state index in [1.807, 2.05) is 6.07 Å². The number of carbonyl (C=O) groups excluding carboxylic acids is 1. The molecule has 1 amide bonds. The lowest BCUT2D eigenvalue weighted by molar-refractivity contribution is -0.123. The molecule has 0 unspecified atom stereocenters. The minimum atomic E-state index is 0.190. The average Bonchev–Trinajstić information content (AvgIpc) is 3.21. The van der Waals surface area contributed by atoms with Crippen LogP contribution >= 0.6 is 11.3 Å². The lowest BCUT2D eigenvalue weighted by atomic mass is 9.95. The zero-order valence-electron chi connectivity index (χ0n) is 14.0. The van der Waals surface area contributed by atoms with Crippen LogP contribution in [0.1, 0.15) is 56.0 Å². The molecule has 1 aliphatic heterocycles. The van der Waals surface area contributed by atoms with Gasteiger partial charge in [-0.2, -0.15) is 0 Å². The van der Waals surface area contributed by atoms with E-state index in [-0.39, 0.29) is 5.91 Å². The third-order valence-electron chi connectivity index (χ3n) is 5.28. The van der Waals surface area contributed by atoms with Crippen molar-refractivity contribution in [2.45, 2.75) is 57.0 Å². The molecule has 2 aliphatic rings. The van der Waals surface area contributed by atoms with Crippen LogP contribution in [0.5, 0.6) is 0 Å². The zero-order valence-corrected chi connectivity index (χ0v) is 14.9. The number of benzene rings is 1. The highest BCUT2D eigenvalue weighted by Gasteiger charge is 2.30. The lowest BCUT2D eigenvalue weighted by Gasteiger charge is -2.26. The van der Waals surface area contributed by atoms with Crippen LogP contribution < -0.4 is 5.32 Å². The SMILES string of the molecule is O=C(CN1CCC[C@@H]1c1nc2ccccc2s1)NC1CCCCC1. The Morgan fingerprint density at radius 3 is 2.83 bits per heavy atom. The van der Waals surface area contributed by atoms with Crippen LogP contribution in [0, 0.1) is 0 Å². The highest BCUT2D eigenvalue weighted by atomic mass is 32.1. The maximum Gasteiger partial charge on any atom is 0.234 e. The first-order valence-electron chi connectivity index (χ1n) is 9.18. The molecule has 1 N–H and O–H groups in total. The number of nitrogens with one attached hydrogen (secondary N) is 1. The largest absolute Gasteiger partial charge is 0.352 e. The third-order valence-corrected chi connectivity index (χ3v) is 6.41. The normalized spacial score (nSPS) is 22.9. The van der Waals surface area contributed by atoms with Crippen molar-refractivity contribution in [3.8, 4) is 0 Å². The van der Waals surface area contributed by atoms with Crippen molar-refractivity contribution in [2.24, 2.45) is 0 Å². The Labute approximate surface area is 147 Å². The molecule has 0 bridgehead atoms. The van der Waals surface area contributed by atoms with Gasteiger partial charge in [0.25, 0.3) is 0 Å². The molecule has 5 heteroatoms. The molecular weight excluding hydrogens is 318 g/mol. The van der Waals surface area contributed by atoms with Gasteiger partial charge in [0.2, 0.25) is 5.91 Å². The monoisotopic (exact) mass is 343 g/mol. The Kier molecular flexibility index (Phi) is 4.81. The molecule has 1 saturated heterocycles. The van der Waals surface area contributed by atoms with Crippen molar-refractivity contribution in [3.63, 3.8) is 0 Å². The van der Waals surface area contributed by atoms with Gasteiger partial charge in [-0.15, -0.1) is 11.3 Å². The fourth-order valence-corrected chi connectivity index (χ4v) is 5.17.